The molecule has 0 spiro atoms. The van der Waals surface area contributed by atoms with Crippen LogP contribution in [0.3, 0.4) is 0 Å². The van der Waals surface area contributed by atoms with Crippen LogP contribution in [-0.4, -0.2) is 30.4 Å². The summed E-state index contributed by atoms with van der Waals surface area (Å²) >= 11 is 0. The molecule has 0 radical (unpaired) electrons. The molecule has 0 saturated heterocycles. The Morgan fingerprint density at radius 1 is 1.03 bits per heavy atom. The molecule has 3 aromatic rings. The van der Waals surface area contributed by atoms with Crippen molar-refractivity contribution in [1.82, 2.24) is 9.99 Å². The van der Waals surface area contributed by atoms with Crippen LogP contribution < -0.4 is 14.9 Å². The minimum Gasteiger partial charge on any atom is -0.497 e. The van der Waals surface area contributed by atoms with Crippen molar-refractivity contribution in [3.63, 3.8) is 0 Å². The van der Waals surface area contributed by atoms with Gasteiger partial charge in [-0.05, 0) is 63.2 Å². The zero-order valence-corrected chi connectivity index (χ0v) is 17.1. The van der Waals surface area contributed by atoms with Crippen LogP contribution in [-0.2, 0) is 4.79 Å². The van der Waals surface area contributed by atoms with Gasteiger partial charge in [-0.15, -0.1) is 0 Å². The second kappa shape index (κ2) is 9.10. The smallest absolute Gasteiger partial charge is 0.277 e. The number of amides is 1. The average Bonchev–Trinajstić information content (AvgIpc) is 3.01. The molecule has 6 heteroatoms. The molecule has 1 N–H and O–H groups in total. The number of aromatic nitrogens is 1. The summed E-state index contributed by atoms with van der Waals surface area (Å²) in [4.78, 5) is 12.0. The third-order valence-electron chi connectivity index (χ3n) is 4.58. The van der Waals surface area contributed by atoms with Gasteiger partial charge in [-0.2, -0.15) is 5.10 Å². The summed E-state index contributed by atoms with van der Waals surface area (Å²) in [6, 6.07) is 17.4. The Morgan fingerprint density at radius 3 is 2.34 bits per heavy atom. The van der Waals surface area contributed by atoms with E-state index in [1.165, 1.54) is 5.56 Å². The van der Waals surface area contributed by atoms with Crippen molar-refractivity contribution in [2.24, 2.45) is 5.10 Å². The number of hydrogen-bond acceptors (Lipinski definition) is 4. The van der Waals surface area contributed by atoms with E-state index in [9.17, 15) is 4.79 Å². The molecule has 0 aliphatic rings. The van der Waals surface area contributed by atoms with E-state index in [4.69, 9.17) is 9.47 Å². The number of carbonyl (C=O) groups is 1. The maximum absolute atomic E-state index is 12.0. The zero-order chi connectivity index (χ0) is 20.8. The van der Waals surface area contributed by atoms with Crippen molar-refractivity contribution in [2.75, 3.05) is 13.7 Å². The Hall–Kier alpha value is -3.54. The second-order valence-electron chi connectivity index (χ2n) is 6.75. The van der Waals surface area contributed by atoms with Crippen molar-refractivity contribution >= 4 is 12.1 Å². The van der Waals surface area contributed by atoms with Gasteiger partial charge in [0.05, 0.1) is 13.3 Å². The molecule has 0 bridgehead atoms. The SMILES string of the molecule is COc1ccc(OCC(=O)N/N=C\c2cc(C)n(-c3ccc(C)cc3)c2C)cc1. The van der Waals surface area contributed by atoms with Crippen LogP contribution >= 0.6 is 0 Å². The van der Waals surface area contributed by atoms with E-state index in [2.05, 4.69) is 46.3 Å². The lowest BCUT2D eigenvalue weighted by Crippen LogP contribution is -2.24. The Kier molecular flexibility index (Phi) is 6.34. The highest BCUT2D eigenvalue weighted by atomic mass is 16.5. The normalized spacial score (nSPS) is 10.9. The molecular formula is C23H25N3O3. The Morgan fingerprint density at radius 2 is 1.69 bits per heavy atom. The van der Waals surface area contributed by atoms with Crippen LogP contribution in [0.4, 0.5) is 0 Å². The topological polar surface area (TPSA) is 64.8 Å². The molecule has 3 rings (SSSR count). The fraction of sp³-hybridized carbons (Fsp3) is 0.217. The molecule has 2 aromatic carbocycles. The van der Waals surface area contributed by atoms with Crippen molar-refractivity contribution in [2.45, 2.75) is 20.8 Å². The van der Waals surface area contributed by atoms with Gasteiger partial charge >= 0.3 is 0 Å². The van der Waals surface area contributed by atoms with Crippen LogP contribution in [0.15, 0.2) is 59.7 Å². The quantitative estimate of drug-likeness (QED) is 0.490. The van der Waals surface area contributed by atoms with Crippen LogP contribution in [0.2, 0.25) is 0 Å². The van der Waals surface area contributed by atoms with Gasteiger partial charge in [0, 0.05) is 22.6 Å². The van der Waals surface area contributed by atoms with Gasteiger partial charge in [-0.1, -0.05) is 17.7 Å². The molecule has 0 fully saturated rings. The van der Waals surface area contributed by atoms with Gasteiger partial charge in [0.25, 0.3) is 5.91 Å². The van der Waals surface area contributed by atoms with Crippen LogP contribution in [0.1, 0.15) is 22.5 Å². The van der Waals surface area contributed by atoms with Crippen molar-refractivity contribution in [3.05, 3.63) is 77.1 Å². The predicted molar refractivity (Wildman–Crippen MR) is 114 cm³/mol. The largest absolute Gasteiger partial charge is 0.497 e. The average molecular weight is 391 g/mol. The minimum atomic E-state index is -0.329. The summed E-state index contributed by atoms with van der Waals surface area (Å²) < 4.78 is 12.7. The number of benzene rings is 2. The highest BCUT2D eigenvalue weighted by Crippen LogP contribution is 2.20. The van der Waals surface area contributed by atoms with Gasteiger partial charge in [0.2, 0.25) is 0 Å². The van der Waals surface area contributed by atoms with Crippen LogP contribution in [0.25, 0.3) is 5.69 Å². The summed E-state index contributed by atoms with van der Waals surface area (Å²) in [6.07, 6.45) is 1.65. The van der Waals surface area contributed by atoms with E-state index < -0.39 is 0 Å². The van der Waals surface area contributed by atoms with Gasteiger partial charge in [-0.25, -0.2) is 5.43 Å². The first kappa shape index (κ1) is 20.2. The number of ether oxygens (including phenoxy) is 2. The molecule has 6 nitrogen and oxygen atoms in total. The molecule has 0 aliphatic carbocycles. The number of aryl methyl sites for hydroxylation is 2. The number of nitrogens with zero attached hydrogens (tertiary/aromatic N) is 2. The first-order valence-corrected chi connectivity index (χ1v) is 9.32. The number of carbonyl (C=O) groups excluding carboxylic acids is 1. The van der Waals surface area contributed by atoms with Gasteiger partial charge in [0.1, 0.15) is 11.5 Å². The number of methoxy groups -OCH3 is 1. The minimum absolute atomic E-state index is 0.119. The molecule has 150 valence electrons. The van der Waals surface area contributed by atoms with Gasteiger partial charge < -0.3 is 14.0 Å². The van der Waals surface area contributed by atoms with Gasteiger partial charge in [0.15, 0.2) is 6.61 Å². The Labute approximate surface area is 170 Å². The lowest BCUT2D eigenvalue weighted by atomic mass is 10.2. The number of hydrogen-bond donors (Lipinski definition) is 1. The molecule has 0 aliphatic heterocycles. The zero-order valence-electron chi connectivity index (χ0n) is 17.1. The standard InChI is InChI=1S/C23H25N3O3/c1-16-5-7-20(8-6-16)26-17(2)13-19(18(26)3)14-24-25-23(27)15-29-22-11-9-21(28-4)10-12-22/h5-14H,15H2,1-4H3,(H,25,27)/b24-14-. The summed E-state index contributed by atoms with van der Waals surface area (Å²) in [5.41, 5.74) is 7.92. The molecule has 1 heterocycles. The van der Waals surface area contributed by atoms with Gasteiger partial charge in [-0.3, -0.25) is 4.79 Å². The lowest BCUT2D eigenvalue weighted by molar-refractivity contribution is -0.123. The van der Waals surface area contributed by atoms with Crippen LogP contribution in [0.5, 0.6) is 11.5 Å². The first-order chi connectivity index (χ1) is 14.0. The van der Waals surface area contributed by atoms with E-state index >= 15 is 0 Å². The second-order valence-corrected chi connectivity index (χ2v) is 6.75. The predicted octanol–water partition coefficient (Wildman–Crippen LogP) is 3.94. The monoisotopic (exact) mass is 391 g/mol. The lowest BCUT2D eigenvalue weighted by Gasteiger charge is -2.09. The van der Waals surface area contributed by atoms with Crippen molar-refractivity contribution < 1.29 is 14.3 Å². The first-order valence-electron chi connectivity index (χ1n) is 9.32. The summed E-state index contributed by atoms with van der Waals surface area (Å²) in [6.45, 7) is 6.03. The van der Waals surface area contributed by atoms with Crippen LogP contribution in [0, 0.1) is 20.8 Å². The molecule has 0 atom stereocenters. The third kappa shape index (κ3) is 5.04. The van der Waals surface area contributed by atoms with E-state index in [1.54, 1.807) is 37.6 Å². The molecule has 29 heavy (non-hydrogen) atoms. The van der Waals surface area contributed by atoms with E-state index in [1.807, 2.05) is 19.9 Å². The summed E-state index contributed by atoms with van der Waals surface area (Å²) in [5.74, 6) is 0.991. The summed E-state index contributed by atoms with van der Waals surface area (Å²) in [5, 5.41) is 4.07. The molecule has 0 saturated carbocycles. The Bertz CT molecular complexity index is 1000. The van der Waals surface area contributed by atoms with Crippen molar-refractivity contribution in [3.8, 4) is 17.2 Å². The number of rotatable bonds is 7. The molecule has 1 amide bonds. The molecule has 1 aromatic heterocycles. The summed E-state index contributed by atoms with van der Waals surface area (Å²) in [7, 11) is 1.60. The molecular weight excluding hydrogens is 366 g/mol. The fourth-order valence-electron chi connectivity index (χ4n) is 3.04. The highest BCUT2D eigenvalue weighted by Gasteiger charge is 2.09. The van der Waals surface area contributed by atoms with E-state index in [-0.39, 0.29) is 12.5 Å². The van der Waals surface area contributed by atoms with E-state index in [0.717, 1.165) is 28.4 Å². The Balaban J connectivity index is 1.59. The maximum Gasteiger partial charge on any atom is 0.277 e. The van der Waals surface area contributed by atoms with E-state index in [0.29, 0.717) is 5.75 Å². The fourth-order valence-corrected chi connectivity index (χ4v) is 3.04. The molecule has 0 unspecified atom stereocenters. The number of nitrogens with one attached hydrogen (secondary N) is 1. The maximum atomic E-state index is 12.0. The van der Waals surface area contributed by atoms with Crippen molar-refractivity contribution in [1.29, 1.82) is 0 Å². The number of hydrazone groups is 1. The highest BCUT2D eigenvalue weighted by molar-refractivity contribution is 5.84. The third-order valence-corrected chi connectivity index (χ3v) is 4.58.